The van der Waals surface area contributed by atoms with Gasteiger partial charge in [0, 0.05) is 22.8 Å². The number of halogens is 1. The van der Waals surface area contributed by atoms with Crippen molar-refractivity contribution in [2.45, 2.75) is 6.92 Å². The Morgan fingerprint density at radius 2 is 2.21 bits per heavy atom. The van der Waals surface area contributed by atoms with Crippen LogP contribution in [0.1, 0.15) is 16.1 Å². The summed E-state index contributed by atoms with van der Waals surface area (Å²) in [5, 5.41) is 3.44. The second-order valence-corrected chi connectivity index (χ2v) is 4.66. The summed E-state index contributed by atoms with van der Waals surface area (Å²) in [4.78, 5) is 15.1. The van der Waals surface area contributed by atoms with Gasteiger partial charge in [-0.05, 0) is 24.6 Å². The van der Waals surface area contributed by atoms with E-state index in [1.54, 1.807) is 30.5 Å². The van der Waals surface area contributed by atoms with Crippen LogP contribution >= 0.6 is 11.6 Å². The van der Waals surface area contributed by atoms with Gasteiger partial charge in [-0.25, -0.2) is 0 Å². The third-order valence-corrected chi connectivity index (χ3v) is 3.41. The third kappa shape index (κ3) is 2.11. The Balaban J connectivity index is 1.89. The van der Waals surface area contributed by atoms with Crippen LogP contribution < -0.4 is 5.32 Å². The van der Waals surface area contributed by atoms with Gasteiger partial charge in [-0.15, -0.1) is 0 Å². The van der Waals surface area contributed by atoms with E-state index in [0.717, 1.165) is 11.1 Å². The zero-order valence-electron chi connectivity index (χ0n) is 10.2. The Morgan fingerprint density at radius 1 is 1.37 bits per heavy atom. The fraction of sp³-hybridized carbons (Fsp3) is 0.0714. The van der Waals surface area contributed by atoms with Crippen LogP contribution in [0, 0.1) is 6.92 Å². The molecule has 3 aromatic rings. The molecule has 4 nitrogen and oxygen atoms in total. The number of fused-ring (bicyclic) bond motifs is 1. The van der Waals surface area contributed by atoms with E-state index in [0.29, 0.717) is 22.0 Å². The summed E-state index contributed by atoms with van der Waals surface area (Å²) in [6.45, 7) is 1.86. The van der Waals surface area contributed by atoms with Gasteiger partial charge in [-0.1, -0.05) is 17.7 Å². The van der Waals surface area contributed by atoms with Gasteiger partial charge in [-0.2, -0.15) is 0 Å². The zero-order chi connectivity index (χ0) is 13.4. The Morgan fingerprint density at radius 3 is 3.00 bits per heavy atom. The number of anilines is 1. The van der Waals surface area contributed by atoms with E-state index >= 15 is 0 Å². The lowest BCUT2D eigenvalue weighted by atomic mass is 10.2. The molecule has 1 amide bonds. The number of hydrogen-bond acceptors (Lipinski definition) is 2. The molecule has 0 bridgehead atoms. The molecule has 0 aliphatic carbocycles. The molecule has 19 heavy (non-hydrogen) atoms. The molecule has 3 rings (SSSR count). The molecular weight excluding hydrogens is 264 g/mol. The Labute approximate surface area is 114 Å². The SMILES string of the molecule is Cc1c(Cl)cccc1NC(=O)c1cc2occc2[nH]1. The van der Waals surface area contributed by atoms with Gasteiger partial charge in [0.1, 0.15) is 5.69 Å². The molecule has 5 heteroatoms. The molecular formula is C14H11ClN2O2. The number of aromatic amines is 1. The Kier molecular flexibility index (Phi) is 2.80. The summed E-state index contributed by atoms with van der Waals surface area (Å²) in [5.41, 5.74) is 3.45. The van der Waals surface area contributed by atoms with Gasteiger partial charge in [0.05, 0.1) is 11.8 Å². The molecule has 0 fully saturated rings. The molecule has 0 saturated heterocycles. The molecule has 0 radical (unpaired) electrons. The number of furan rings is 1. The molecule has 0 spiro atoms. The van der Waals surface area contributed by atoms with Gasteiger partial charge < -0.3 is 14.7 Å². The van der Waals surface area contributed by atoms with Crippen LogP contribution in [0.2, 0.25) is 5.02 Å². The predicted molar refractivity (Wildman–Crippen MR) is 74.7 cm³/mol. The monoisotopic (exact) mass is 274 g/mol. The van der Waals surface area contributed by atoms with Crippen LogP contribution in [-0.2, 0) is 0 Å². The summed E-state index contributed by atoms with van der Waals surface area (Å²) in [6, 6.07) is 8.84. The maximum absolute atomic E-state index is 12.1. The number of H-pyrrole nitrogens is 1. The minimum atomic E-state index is -0.225. The minimum Gasteiger partial charge on any atom is -0.463 e. The van der Waals surface area contributed by atoms with Crippen LogP contribution in [0.5, 0.6) is 0 Å². The van der Waals surface area contributed by atoms with Crippen molar-refractivity contribution in [1.82, 2.24) is 4.98 Å². The van der Waals surface area contributed by atoms with Crippen molar-refractivity contribution < 1.29 is 9.21 Å². The normalized spacial score (nSPS) is 10.8. The lowest BCUT2D eigenvalue weighted by Gasteiger charge is -2.08. The quantitative estimate of drug-likeness (QED) is 0.743. The van der Waals surface area contributed by atoms with E-state index in [4.69, 9.17) is 16.0 Å². The summed E-state index contributed by atoms with van der Waals surface area (Å²) < 4.78 is 5.21. The number of nitrogens with one attached hydrogen (secondary N) is 2. The first-order valence-electron chi connectivity index (χ1n) is 5.78. The van der Waals surface area contributed by atoms with Crippen molar-refractivity contribution in [2.75, 3.05) is 5.32 Å². The highest BCUT2D eigenvalue weighted by Gasteiger charge is 2.12. The number of aromatic nitrogens is 1. The van der Waals surface area contributed by atoms with Crippen molar-refractivity contribution >= 4 is 34.3 Å². The van der Waals surface area contributed by atoms with E-state index in [1.165, 1.54) is 0 Å². The molecule has 0 saturated carbocycles. The minimum absolute atomic E-state index is 0.225. The maximum Gasteiger partial charge on any atom is 0.272 e. The first-order chi connectivity index (χ1) is 9.15. The number of carbonyl (C=O) groups is 1. The van der Waals surface area contributed by atoms with Crippen LogP contribution in [0.25, 0.3) is 11.1 Å². The zero-order valence-corrected chi connectivity index (χ0v) is 10.9. The molecule has 0 atom stereocenters. The van der Waals surface area contributed by atoms with Gasteiger partial charge in [-0.3, -0.25) is 4.79 Å². The number of carbonyl (C=O) groups excluding carboxylic acids is 1. The highest BCUT2D eigenvalue weighted by atomic mass is 35.5. The van der Waals surface area contributed by atoms with Crippen LogP contribution in [-0.4, -0.2) is 10.9 Å². The van der Waals surface area contributed by atoms with Gasteiger partial charge >= 0.3 is 0 Å². The van der Waals surface area contributed by atoms with Crippen molar-refractivity contribution in [3.05, 3.63) is 52.9 Å². The van der Waals surface area contributed by atoms with Crippen molar-refractivity contribution in [2.24, 2.45) is 0 Å². The Bertz CT molecular complexity index is 729. The van der Waals surface area contributed by atoms with Gasteiger partial charge in [0.2, 0.25) is 0 Å². The highest BCUT2D eigenvalue weighted by molar-refractivity contribution is 6.31. The number of hydrogen-bond donors (Lipinski definition) is 2. The summed E-state index contributed by atoms with van der Waals surface area (Å²) >= 11 is 6.02. The smallest absolute Gasteiger partial charge is 0.272 e. The summed E-state index contributed by atoms with van der Waals surface area (Å²) in [6.07, 6.45) is 1.57. The van der Waals surface area contributed by atoms with Gasteiger partial charge in [0.25, 0.3) is 5.91 Å². The topological polar surface area (TPSA) is 58.0 Å². The second-order valence-electron chi connectivity index (χ2n) is 4.25. The first-order valence-corrected chi connectivity index (χ1v) is 6.15. The molecule has 0 aliphatic rings. The summed E-state index contributed by atoms with van der Waals surface area (Å²) in [5.74, 6) is -0.225. The number of amides is 1. The summed E-state index contributed by atoms with van der Waals surface area (Å²) in [7, 11) is 0. The van der Waals surface area contributed by atoms with E-state index in [2.05, 4.69) is 10.3 Å². The Hall–Kier alpha value is -2.20. The molecule has 96 valence electrons. The molecule has 2 aromatic heterocycles. The van der Waals surface area contributed by atoms with Crippen LogP contribution in [0.15, 0.2) is 41.0 Å². The van der Waals surface area contributed by atoms with E-state index in [-0.39, 0.29) is 5.91 Å². The highest BCUT2D eigenvalue weighted by Crippen LogP contribution is 2.24. The van der Waals surface area contributed by atoms with E-state index < -0.39 is 0 Å². The lowest BCUT2D eigenvalue weighted by molar-refractivity contribution is 0.102. The fourth-order valence-corrected chi connectivity index (χ4v) is 2.08. The molecule has 0 unspecified atom stereocenters. The third-order valence-electron chi connectivity index (χ3n) is 3.00. The van der Waals surface area contributed by atoms with E-state index in [1.807, 2.05) is 13.0 Å². The number of rotatable bonds is 2. The van der Waals surface area contributed by atoms with Gasteiger partial charge in [0.15, 0.2) is 5.58 Å². The van der Waals surface area contributed by atoms with Crippen molar-refractivity contribution in [3.8, 4) is 0 Å². The van der Waals surface area contributed by atoms with Crippen LogP contribution in [0.3, 0.4) is 0 Å². The first kappa shape index (κ1) is 11.9. The average molecular weight is 275 g/mol. The van der Waals surface area contributed by atoms with Crippen molar-refractivity contribution in [3.63, 3.8) is 0 Å². The van der Waals surface area contributed by atoms with Crippen LogP contribution in [0.4, 0.5) is 5.69 Å². The van der Waals surface area contributed by atoms with Crippen molar-refractivity contribution in [1.29, 1.82) is 0 Å². The molecule has 2 N–H and O–H groups in total. The standard InChI is InChI=1S/C14H11ClN2O2/c1-8-9(15)3-2-4-10(8)17-14(18)12-7-13-11(16-12)5-6-19-13/h2-7,16H,1H3,(H,17,18). The maximum atomic E-state index is 12.1. The number of benzene rings is 1. The molecule has 1 aromatic carbocycles. The largest absolute Gasteiger partial charge is 0.463 e. The second kappa shape index (κ2) is 4.48. The molecule has 2 heterocycles. The average Bonchev–Trinajstić information content (AvgIpc) is 2.95. The van der Waals surface area contributed by atoms with E-state index in [9.17, 15) is 4.79 Å². The molecule has 0 aliphatic heterocycles. The lowest BCUT2D eigenvalue weighted by Crippen LogP contribution is -2.13. The fourth-order valence-electron chi connectivity index (χ4n) is 1.90. The predicted octanol–water partition coefficient (Wildman–Crippen LogP) is 3.98.